The molecule has 1 saturated heterocycles. The molecule has 2 aromatic carbocycles. The summed E-state index contributed by atoms with van der Waals surface area (Å²) >= 11 is 0. The highest BCUT2D eigenvalue weighted by Crippen LogP contribution is 2.23. The second-order valence-corrected chi connectivity index (χ2v) is 6.72. The van der Waals surface area contributed by atoms with E-state index >= 15 is 0 Å². The van der Waals surface area contributed by atoms with Crippen LogP contribution in [0.15, 0.2) is 48.5 Å². The van der Waals surface area contributed by atoms with Gasteiger partial charge in [-0.15, -0.1) is 0 Å². The monoisotopic (exact) mass is 350 g/mol. The van der Waals surface area contributed by atoms with Crippen LogP contribution in [0.3, 0.4) is 0 Å². The molecule has 0 N–H and O–H groups in total. The van der Waals surface area contributed by atoms with Crippen molar-refractivity contribution in [1.82, 2.24) is 4.90 Å². The molecule has 0 spiro atoms. The van der Waals surface area contributed by atoms with Gasteiger partial charge in [0.2, 0.25) is 5.91 Å². The number of benzene rings is 2. The Morgan fingerprint density at radius 1 is 1.00 bits per heavy atom. The molecule has 0 aliphatic carbocycles. The van der Waals surface area contributed by atoms with Crippen LogP contribution < -0.4 is 4.90 Å². The third kappa shape index (κ3) is 3.38. The number of piperazine rings is 1. The van der Waals surface area contributed by atoms with Gasteiger partial charge in [0.15, 0.2) is 5.78 Å². The standard InChI is InChI=1S/C21H22N2O3/c1-14-8-10-17(11-9-14)23-12-15(2)22(13-20(23)25)21(26)19-7-5-4-6-18(19)16(3)24/h4-11,15H,12-13H2,1-3H3. The molecule has 0 aromatic heterocycles. The number of carbonyl (C=O) groups is 3. The zero-order chi connectivity index (χ0) is 18.8. The van der Waals surface area contributed by atoms with Gasteiger partial charge in [-0.2, -0.15) is 0 Å². The highest BCUT2D eigenvalue weighted by molar-refractivity contribution is 6.09. The molecule has 1 heterocycles. The minimum Gasteiger partial charge on any atom is -0.325 e. The molecular formula is C21H22N2O3. The minimum atomic E-state index is -0.278. The molecule has 2 amide bonds. The Hall–Kier alpha value is -2.95. The summed E-state index contributed by atoms with van der Waals surface area (Å²) in [6.45, 7) is 5.78. The first-order valence-electron chi connectivity index (χ1n) is 8.66. The smallest absolute Gasteiger partial charge is 0.255 e. The molecular weight excluding hydrogens is 328 g/mol. The fourth-order valence-corrected chi connectivity index (χ4v) is 3.23. The maximum absolute atomic E-state index is 13.0. The van der Waals surface area contributed by atoms with Gasteiger partial charge >= 0.3 is 0 Å². The van der Waals surface area contributed by atoms with Crippen LogP contribution in [0.2, 0.25) is 0 Å². The van der Waals surface area contributed by atoms with Crippen LogP contribution >= 0.6 is 0 Å². The third-order valence-electron chi connectivity index (χ3n) is 4.73. The van der Waals surface area contributed by atoms with E-state index in [1.54, 1.807) is 34.1 Å². The lowest BCUT2D eigenvalue weighted by molar-refractivity contribution is -0.121. The van der Waals surface area contributed by atoms with Gasteiger partial charge in [-0.1, -0.05) is 35.9 Å². The lowest BCUT2D eigenvalue weighted by Gasteiger charge is -2.39. The molecule has 0 saturated carbocycles. The Bertz CT molecular complexity index is 858. The average Bonchev–Trinajstić information content (AvgIpc) is 2.63. The average molecular weight is 350 g/mol. The SMILES string of the molecule is CC(=O)c1ccccc1C(=O)N1CC(=O)N(c2ccc(C)cc2)CC1C. The van der Waals surface area contributed by atoms with Crippen molar-refractivity contribution in [2.75, 3.05) is 18.0 Å². The molecule has 0 radical (unpaired) electrons. The van der Waals surface area contributed by atoms with Gasteiger partial charge in [0, 0.05) is 23.8 Å². The summed E-state index contributed by atoms with van der Waals surface area (Å²) < 4.78 is 0. The lowest BCUT2D eigenvalue weighted by atomic mass is 10.0. The van der Waals surface area contributed by atoms with Crippen molar-refractivity contribution in [1.29, 1.82) is 0 Å². The van der Waals surface area contributed by atoms with Crippen molar-refractivity contribution < 1.29 is 14.4 Å². The summed E-state index contributed by atoms with van der Waals surface area (Å²) in [4.78, 5) is 40.7. The van der Waals surface area contributed by atoms with Crippen molar-refractivity contribution in [2.45, 2.75) is 26.8 Å². The van der Waals surface area contributed by atoms with E-state index in [1.807, 2.05) is 38.1 Å². The van der Waals surface area contributed by atoms with Crippen LogP contribution in [0.1, 0.15) is 40.1 Å². The maximum atomic E-state index is 13.0. The fourth-order valence-electron chi connectivity index (χ4n) is 3.23. The molecule has 1 unspecified atom stereocenters. The quantitative estimate of drug-likeness (QED) is 0.800. The van der Waals surface area contributed by atoms with Crippen molar-refractivity contribution in [3.8, 4) is 0 Å². The third-order valence-corrected chi connectivity index (χ3v) is 4.73. The van der Waals surface area contributed by atoms with Crippen LogP contribution in [0.4, 0.5) is 5.69 Å². The van der Waals surface area contributed by atoms with E-state index in [-0.39, 0.29) is 30.2 Å². The molecule has 0 bridgehead atoms. The van der Waals surface area contributed by atoms with Crippen molar-refractivity contribution in [3.63, 3.8) is 0 Å². The first-order chi connectivity index (χ1) is 12.4. The van der Waals surface area contributed by atoms with Gasteiger partial charge in [-0.25, -0.2) is 0 Å². The Balaban J connectivity index is 1.84. The van der Waals surface area contributed by atoms with Crippen LogP contribution in [-0.2, 0) is 4.79 Å². The second-order valence-electron chi connectivity index (χ2n) is 6.72. The highest BCUT2D eigenvalue weighted by atomic mass is 16.2. The number of hydrogen-bond acceptors (Lipinski definition) is 3. The van der Waals surface area contributed by atoms with Gasteiger partial charge in [-0.05, 0) is 39.0 Å². The molecule has 5 nitrogen and oxygen atoms in total. The number of hydrogen-bond donors (Lipinski definition) is 0. The zero-order valence-corrected chi connectivity index (χ0v) is 15.2. The molecule has 26 heavy (non-hydrogen) atoms. The van der Waals surface area contributed by atoms with Gasteiger partial charge in [0.25, 0.3) is 5.91 Å². The van der Waals surface area contributed by atoms with Crippen LogP contribution in [0.5, 0.6) is 0 Å². The number of anilines is 1. The number of ketones is 1. The second kappa shape index (κ2) is 7.12. The summed E-state index contributed by atoms with van der Waals surface area (Å²) in [6.07, 6.45) is 0. The number of carbonyl (C=O) groups excluding carboxylic acids is 3. The van der Waals surface area contributed by atoms with E-state index in [1.165, 1.54) is 6.92 Å². The highest BCUT2D eigenvalue weighted by Gasteiger charge is 2.34. The summed E-state index contributed by atoms with van der Waals surface area (Å²) in [5.74, 6) is -0.563. The molecule has 134 valence electrons. The lowest BCUT2D eigenvalue weighted by Crippen LogP contribution is -2.57. The predicted molar refractivity (Wildman–Crippen MR) is 100 cm³/mol. The van der Waals surface area contributed by atoms with E-state index in [0.29, 0.717) is 17.7 Å². The maximum Gasteiger partial charge on any atom is 0.255 e. The molecule has 1 aliphatic heterocycles. The number of aryl methyl sites for hydroxylation is 1. The largest absolute Gasteiger partial charge is 0.325 e. The minimum absolute atomic E-state index is 0.000115. The van der Waals surface area contributed by atoms with Crippen LogP contribution in [0.25, 0.3) is 0 Å². The topological polar surface area (TPSA) is 57.7 Å². The fraction of sp³-hybridized carbons (Fsp3) is 0.286. The Kier molecular flexibility index (Phi) is 4.89. The molecule has 5 heteroatoms. The van der Waals surface area contributed by atoms with E-state index in [0.717, 1.165) is 11.3 Å². The molecule has 2 aromatic rings. The normalized spacial score (nSPS) is 17.3. The van der Waals surface area contributed by atoms with Crippen LogP contribution in [-0.4, -0.2) is 41.6 Å². The number of nitrogens with zero attached hydrogens (tertiary/aromatic N) is 2. The van der Waals surface area contributed by atoms with Crippen molar-refractivity contribution >= 4 is 23.3 Å². The molecule has 1 aliphatic rings. The van der Waals surface area contributed by atoms with Gasteiger partial charge in [-0.3, -0.25) is 14.4 Å². The zero-order valence-electron chi connectivity index (χ0n) is 15.2. The summed E-state index contributed by atoms with van der Waals surface area (Å²) in [5.41, 5.74) is 2.70. The molecule has 1 atom stereocenters. The summed E-state index contributed by atoms with van der Waals surface area (Å²) in [5, 5.41) is 0. The first-order valence-corrected chi connectivity index (χ1v) is 8.66. The summed E-state index contributed by atoms with van der Waals surface area (Å²) in [6, 6.07) is 14.4. The van der Waals surface area contributed by atoms with E-state index in [4.69, 9.17) is 0 Å². The van der Waals surface area contributed by atoms with Gasteiger partial charge < -0.3 is 9.80 Å². The van der Waals surface area contributed by atoms with Crippen molar-refractivity contribution in [3.05, 3.63) is 65.2 Å². The Morgan fingerprint density at radius 3 is 2.23 bits per heavy atom. The molecule has 3 rings (SSSR count). The number of amides is 2. The molecule has 1 fully saturated rings. The Morgan fingerprint density at radius 2 is 1.62 bits per heavy atom. The predicted octanol–water partition coefficient (Wildman–Crippen LogP) is 3.08. The van der Waals surface area contributed by atoms with E-state index in [2.05, 4.69) is 0 Å². The van der Waals surface area contributed by atoms with Gasteiger partial charge in [0.05, 0.1) is 5.56 Å². The number of Topliss-reactive ketones (excluding diaryl/α,β-unsaturated/α-hetero) is 1. The van der Waals surface area contributed by atoms with E-state index in [9.17, 15) is 14.4 Å². The van der Waals surface area contributed by atoms with Gasteiger partial charge in [0.1, 0.15) is 6.54 Å². The van der Waals surface area contributed by atoms with Crippen molar-refractivity contribution in [2.24, 2.45) is 0 Å². The Labute approximate surface area is 153 Å². The summed E-state index contributed by atoms with van der Waals surface area (Å²) in [7, 11) is 0. The van der Waals surface area contributed by atoms with Crippen LogP contribution in [0, 0.1) is 6.92 Å². The van der Waals surface area contributed by atoms with E-state index < -0.39 is 0 Å². The number of rotatable bonds is 3. The first kappa shape index (κ1) is 17.9.